The minimum absolute atomic E-state index is 0.142. The third-order valence-electron chi connectivity index (χ3n) is 2.31. The van der Waals surface area contributed by atoms with Gasteiger partial charge in [-0.15, -0.1) is 0 Å². The summed E-state index contributed by atoms with van der Waals surface area (Å²) in [6.07, 6.45) is -2.39. The van der Waals surface area contributed by atoms with Crippen molar-refractivity contribution in [1.29, 1.82) is 0 Å². The van der Waals surface area contributed by atoms with Gasteiger partial charge in [0, 0.05) is 5.02 Å². The first-order valence-corrected chi connectivity index (χ1v) is 5.03. The van der Waals surface area contributed by atoms with Crippen LogP contribution >= 0.6 is 11.6 Å². The monoisotopic (exact) mass is 233 g/mol. The third kappa shape index (κ3) is 3.14. The summed E-state index contributed by atoms with van der Waals surface area (Å²) in [5.41, 5.74) is 5.66. The van der Waals surface area contributed by atoms with Crippen molar-refractivity contribution < 1.29 is 8.78 Å². The zero-order valence-electron chi connectivity index (χ0n) is 8.73. The molecule has 1 unspecified atom stereocenters. The van der Waals surface area contributed by atoms with Gasteiger partial charge in [0.05, 0.1) is 5.54 Å². The molecule has 15 heavy (non-hydrogen) atoms. The SMILES string of the molecule is Cc1cc(CC(C)(N)C(F)F)ccc1Cl. The third-order valence-corrected chi connectivity index (χ3v) is 2.73. The molecule has 0 radical (unpaired) electrons. The van der Waals surface area contributed by atoms with Gasteiger partial charge in [-0.05, 0) is 37.5 Å². The van der Waals surface area contributed by atoms with Crippen LogP contribution in [0.5, 0.6) is 0 Å². The predicted molar refractivity (Wildman–Crippen MR) is 58.5 cm³/mol. The molecule has 1 aromatic rings. The second-order valence-electron chi connectivity index (χ2n) is 4.07. The number of alkyl halides is 2. The first kappa shape index (κ1) is 12.4. The molecule has 0 heterocycles. The molecule has 0 aliphatic carbocycles. The fourth-order valence-corrected chi connectivity index (χ4v) is 1.45. The summed E-state index contributed by atoms with van der Waals surface area (Å²) in [5.74, 6) is 0. The Balaban J connectivity index is 2.86. The summed E-state index contributed by atoms with van der Waals surface area (Å²) in [5, 5.41) is 0.634. The van der Waals surface area contributed by atoms with E-state index in [0.29, 0.717) is 5.02 Å². The lowest BCUT2D eigenvalue weighted by molar-refractivity contribution is 0.0639. The van der Waals surface area contributed by atoms with E-state index in [4.69, 9.17) is 17.3 Å². The number of nitrogens with two attached hydrogens (primary N) is 1. The first-order chi connectivity index (χ1) is 6.83. The minimum Gasteiger partial charge on any atom is -0.320 e. The van der Waals surface area contributed by atoms with E-state index in [2.05, 4.69) is 0 Å². The van der Waals surface area contributed by atoms with Gasteiger partial charge < -0.3 is 5.73 Å². The highest BCUT2D eigenvalue weighted by atomic mass is 35.5. The van der Waals surface area contributed by atoms with Gasteiger partial charge in [-0.3, -0.25) is 0 Å². The highest BCUT2D eigenvalue weighted by molar-refractivity contribution is 6.31. The highest BCUT2D eigenvalue weighted by Gasteiger charge is 2.30. The van der Waals surface area contributed by atoms with Gasteiger partial charge in [0.2, 0.25) is 0 Å². The minimum atomic E-state index is -2.53. The van der Waals surface area contributed by atoms with Crippen LogP contribution in [-0.4, -0.2) is 12.0 Å². The van der Waals surface area contributed by atoms with E-state index >= 15 is 0 Å². The van der Waals surface area contributed by atoms with Gasteiger partial charge in [0.15, 0.2) is 0 Å². The summed E-state index contributed by atoms with van der Waals surface area (Å²) >= 11 is 5.84. The smallest absolute Gasteiger partial charge is 0.256 e. The fourth-order valence-electron chi connectivity index (χ4n) is 1.33. The molecule has 1 rings (SSSR count). The molecule has 84 valence electrons. The average Bonchev–Trinajstić information content (AvgIpc) is 2.10. The Morgan fingerprint density at radius 1 is 1.47 bits per heavy atom. The molecule has 4 heteroatoms. The molecule has 0 aliphatic rings. The van der Waals surface area contributed by atoms with Gasteiger partial charge in [0.1, 0.15) is 0 Å². The molecular formula is C11H14ClF2N. The van der Waals surface area contributed by atoms with Crippen LogP contribution in [0.25, 0.3) is 0 Å². The van der Waals surface area contributed by atoms with Gasteiger partial charge in [-0.25, -0.2) is 8.78 Å². The van der Waals surface area contributed by atoms with Crippen molar-refractivity contribution >= 4 is 11.6 Å². The lowest BCUT2D eigenvalue weighted by atomic mass is 9.94. The lowest BCUT2D eigenvalue weighted by Crippen LogP contribution is -2.45. The normalized spacial score (nSPS) is 15.4. The number of hydrogen-bond acceptors (Lipinski definition) is 1. The Morgan fingerprint density at radius 3 is 2.53 bits per heavy atom. The molecule has 0 fully saturated rings. The van der Waals surface area contributed by atoms with Crippen LogP contribution in [0.3, 0.4) is 0 Å². The van der Waals surface area contributed by atoms with E-state index in [1.807, 2.05) is 6.92 Å². The predicted octanol–water partition coefficient (Wildman–Crippen LogP) is 3.17. The molecule has 1 aromatic carbocycles. The fraction of sp³-hybridized carbons (Fsp3) is 0.455. The van der Waals surface area contributed by atoms with Gasteiger partial charge in [0.25, 0.3) is 6.43 Å². The van der Waals surface area contributed by atoms with Gasteiger partial charge in [-0.1, -0.05) is 23.7 Å². The quantitative estimate of drug-likeness (QED) is 0.853. The molecule has 1 nitrogen and oxygen atoms in total. The van der Waals surface area contributed by atoms with Crippen LogP contribution in [0.1, 0.15) is 18.1 Å². The van der Waals surface area contributed by atoms with E-state index in [0.717, 1.165) is 11.1 Å². The Hall–Kier alpha value is -0.670. The molecule has 0 bridgehead atoms. The Kier molecular flexibility index (Phi) is 3.68. The average molecular weight is 234 g/mol. The summed E-state index contributed by atoms with van der Waals surface area (Å²) in [7, 11) is 0. The van der Waals surface area contributed by atoms with E-state index < -0.39 is 12.0 Å². The zero-order valence-corrected chi connectivity index (χ0v) is 9.48. The molecular weight excluding hydrogens is 220 g/mol. The van der Waals surface area contributed by atoms with Crippen molar-refractivity contribution in [3.05, 3.63) is 34.3 Å². The van der Waals surface area contributed by atoms with E-state index in [1.54, 1.807) is 18.2 Å². The number of aryl methyl sites for hydroxylation is 1. The summed E-state index contributed by atoms with van der Waals surface area (Å²) in [6, 6.07) is 5.21. The van der Waals surface area contributed by atoms with Gasteiger partial charge >= 0.3 is 0 Å². The van der Waals surface area contributed by atoms with Crippen LogP contribution < -0.4 is 5.73 Å². The van der Waals surface area contributed by atoms with E-state index in [9.17, 15) is 8.78 Å². The standard InChI is InChI=1S/C11H14ClF2N/c1-7-5-8(3-4-9(7)12)6-11(2,15)10(13)14/h3-5,10H,6,15H2,1-2H3. The molecule has 0 amide bonds. The maximum Gasteiger partial charge on any atom is 0.256 e. The van der Waals surface area contributed by atoms with Crippen LogP contribution in [-0.2, 0) is 6.42 Å². The van der Waals surface area contributed by atoms with Crippen LogP contribution in [0, 0.1) is 6.92 Å². The second-order valence-corrected chi connectivity index (χ2v) is 4.47. The molecule has 0 saturated carbocycles. The summed E-state index contributed by atoms with van der Waals surface area (Å²) < 4.78 is 25.1. The summed E-state index contributed by atoms with van der Waals surface area (Å²) in [4.78, 5) is 0. The largest absolute Gasteiger partial charge is 0.320 e. The highest BCUT2D eigenvalue weighted by Crippen LogP contribution is 2.22. The number of benzene rings is 1. The molecule has 1 atom stereocenters. The van der Waals surface area contributed by atoms with Crippen LogP contribution in [0.15, 0.2) is 18.2 Å². The van der Waals surface area contributed by atoms with Crippen molar-refractivity contribution in [2.24, 2.45) is 5.73 Å². The number of rotatable bonds is 3. The molecule has 2 N–H and O–H groups in total. The maximum absolute atomic E-state index is 12.5. The lowest BCUT2D eigenvalue weighted by Gasteiger charge is -2.23. The molecule has 0 spiro atoms. The van der Waals surface area contributed by atoms with Crippen molar-refractivity contribution in [2.45, 2.75) is 32.2 Å². The van der Waals surface area contributed by atoms with Gasteiger partial charge in [-0.2, -0.15) is 0 Å². The number of hydrogen-bond donors (Lipinski definition) is 1. The summed E-state index contributed by atoms with van der Waals surface area (Å²) in [6.45, 7) is 3.18. The molecule has 0 aliphatic heterocycles. The van der Waals surface area contributed by atoms with E-state index in [1.165, 1.54) is 6.92 Å². The van der Waals surface area contributed by atoms with E-state index in [-0.39, 0.29) is 6.42 Å². The topological polar surface area (TPSA) is 26.0 Å². The van der Waals surface area contributed by atoms with Crippen molar-refractivity contribution in [1.82, 2.24) is 0 Å². The Bertz CT molecular complexity index is 350. The molecule has 0 aromatic heterocycles. The second kappa shape index (κ2) is 4.45. The van der Waals surface area contributed by atoms with Crippen molar-refractivity contribution in [2.75, 3.05) is 0 Å². The first-order valence-electron chi connectivity index (χ1n) is 4.65. The van der Waals surface area contributed by atoms with Crippen molar-refractivity contribution in [3.63, 3.8) is 0 Å². The van der Waals surface area contributed by atoms with Crippen LogP contribution in [0.2, 0.25) is 5.02 Å². The van der Waals surface area contributed by atoms with Crippen molar-refractivity contribution in [3.8, 4) is 0 Å². The zero-order chi connectivity index (χ0) is 11.6. The van der Waals surface area contributed by atoms with Crippen LogP contribution in [0.4, 0.5) is 8.78 Å². The number of halogens is 3. The Labute approximate surface area is 93.2 Å². The maximum atomic E-state index is 12.5. The molecule has 0 saturated heterocycles. The Morgan fingerprint density at radius 2 is 2.07 bits per heavy atom.